The highest BCUT2D eigenvalue weighted by molar-refractivity contribution is 5.49. The molecule has 1 aliphatic rings. The number of hydrogen-bond acceptors (Lipinski definition) is 6. The van der Waals surface area contributed by atoms with Crippen molar-refractivity contribution in [2.45, 2.75) is 19.4 Å². The van der Waals surface area contributed by atoms with Crippen LogP contribution in [0.2, 0.25) is 0 Å². The maximum Gasteiger partial charge on any atom is 0.226 e. The Labute approximate surface area is 137 Å². The molecule has 0 radical (unpaired) electrons. The second kappa shape index (κ2) is 6.40. The van der Waals surface area contributed by atoms with Crippen LogP contribution in [-0.2, 0) is 0 Å². The summed E-state index contributed by atoms with van der Waals surface area (Å²) in [6.07, 6.45) is 4.80. The van der Waals surface area contributed by atoms with E-state index in [-0.39, 0.29) is 0 Å². The van der Waals surface area contributed by atoms with Crippen molar-refractivity contribution in [1.82, 2.24) is 15.0 Å². The van der Waals surface area contributed by atoms with Crippen LogP contribution in [0.25, 0.3) is 0 Å². The Kier molecular flexibility index (Phi) is 4.32. The molecule has 1 unspecified atom stereocenters. The number of nitrogens with zero attached hydrogens (tertiary/aromatic N) is 6. The van der Waals surface area contributed by atoms with Gasteiger partial charge in [0, 0.05) is 52.7 Å². The molecular weight excluding hydrogens is 288 g/mol. The summed E-state index contributed by atoms with van der Waals surface area (Å²) in [4.78, 5) is 20.0. The van der Waals surface area contributed by atoms with Crippen LogP contribution in [0.3, 0.4) is 0 Å². The van der Waals surface area contributed by atoms with Gasteiger partial charge in [-0.25, -0.2) is 9.97 Å². The summed E-state index contributed by atoms with van der Waals surface area (Å²) in [5.41, 5.74) is 1.23. The molecule has 0 N–H and O–H groups in total. The van der Waals surface area contributed by atoms with E-state index in [9.17, 15) is 0 Å². The van der Waals surface area contributed by atoms with Gasteiger partial charge < -0.3 is 14.7 Å². The number of anilines is 3. The molecule has 122 valence electrons. The average molecular weight is 312 g/mol. The number of aryl methyl sites for hydroxylation is 1. The van der Waals surface area contributed by atoms with Crippen molar-refractivity contribution in [2.75, 3.05) is 48.9 Å². The zero-order chi connectivity index (χ0) is 16.4. The lowest BCUT2D eigenvalue weighted by Crippen LogP contribution is -2.35. The molecule has 6 heteroatoms. The van der Waals surface area contributed by atoms with Crippen molar-refractivity contribution in [1.29, 1.82) is 0 Å². The van der Waals surface area contributed by atoms with E-state index in [1.807, 2.05) is 43.5 Å². The maximum absolute atomic E-state index is 4.64. The Morgan fingerprint density at radius 1 is 1.13 bits per heavy atom. The zero-order valence-electron chi connectivity index (χ0n) is 14.3. The molecule has 6 nitrogen and oxygen atoms in total. The first-order chi connectivity index (χ1) is 11.1. The fourth-order valence-corrected chi connectivity index (χ4v) is 3.00. The zero-order valence-corrected chi connectivity index (χ0v) is 14.3. The predicted octanol–water partition coefficient (Wildman–Crippen LogP) is 1.96. The molecule has 1 aliphatic heterocycles. The Balaban J connectivity index is 1.74. The highest BCUT2D eigenvalue weighted by Crippen LogP contribution is 2.25. The molecule has 1 fully saturated rings. The molecular formula is C17H24N6. The number of aromatic nitrogens is 3. The second-order valence-electron chi connectivity index (χ2n) is 6.25. The summed E-state index contributed by atoms with van der Waals surface area (Å²) < 4.78 is 0. The lowest BCUT2D eigenvalue weighted by atomic mass is 10.2. The van der Waals surface area contributed by atoms with Crippen molar-refractivity contribution < 1.29 is 0 Å². The van der Waals surface area contributed by atoms with Gasteiger partial charge >= 0.3 is 0 Å². The van der Waals surface area contributed by atoms with E-state index in [0.717, 1.165) is 37.1 Å². The fourth-order valence-electron chi connectivity index (χ4n) is 3.00. The molecule has 0 spiro atoms. The van der Waals surface area contributed by atoms with Crippen LogP contribution in [0.5, 0.6) is 0 Å². The van der Waals surface area contributed by atoms with Crippen molar-refractivity contribution in [3.05, 3.63) is 36.2 Å². The first-order valence-corrected chi connectivity index (χ1v) is 7.96. The molecule has 0 saturated carbocycles. The largest absolute Gasteiger partial charge is 0.355 e. The number of rotatable bonds is 4. The van der Waals surface area contributed by atoms with Crippen molar-refractivity contribution in [3.63, 3.8) is 0 Å². The van der Waals surface area contributed by atoms with Crippen LogP contribution in [0.4, 0.5) is 17.6 Å². The van der Waals surface area contributed by atoms with E-state index < -0.39 is 0 Å². The highest BCUT2D eigenvalue weighted by Gasteiger charge is 2.28. The third-order valence-corrected chi connectivity index (χ3v) is 4.38. The summed E-state index contributed by atoms with van der Waals surface area (Å²) in [6.45, 7) is 4.11. The second-order valence-corrected chi connectivity index (χ2v) is 6.25. The van der Waals surface area contributed by atoms with E-state index in [0.29, 0.717) is 6.04 Å². The third kappa shape index (κ3) is 3.21. The van der Waals surface area contributed by atoms with Gasteiger partial charge in [0.1, 0.15) is 11.6 Å². The Morgan fingerprint density at radius 2 is 1.96 bits per heavy atom. The van der Waals surface area contributed by atoms with Gasteiger partial charge in [0.05, 0.1) is 0 Å². The topological polar surface area (TPSA) is 48.4 Å². The van der Waals surface area contributed by atoms with Gasteiger partial charge in [-0.05, 0) is 31.0 Å². The van der Waals surface area contributed by atoms with Crippen molar-refractivity contribution >= 4 is 17.6 Å². The summed E-state index contributed by atoms with van der Waals surface area (Å²) >= 11 is 0. The molecule has 0 aromatic carbocycles. The van der Waals surface area contributed by atoms with Gasteiger partial charge in [0.15, 0.2) is 0 Å². The van der Waals surface area contributed by atoms with Crippen molar-refractivity contribution in [3.8, 4) is 0 Å². The van der Waals surface area contributed by atoms with Crippen LogP contribution < -0.4 is 14.7 Å². The van der Waals surface area contributed by atoms with Gasteiger partial charge in [-0.15, -0.1) is 0 Å². The van der Waals surface area contributed by atoms with Crippen molar-refractivity contribution in [2.24, 2.45) is 0 Å². The average Bonchev–Trinajstić information content (AvgIpc) is 3.04. The molecule has 1 saturated heterocycles. The number of hydrogen-bond donors (Lipinski definition) is 0. The summed E-state index contributed by atoms with van der Waals surface area (Å²) in [6, 6.07) is 6.51. The van der Waals surface area contributed by atoms with Gasteiger partial charge in [-0.2, -0.15) is 4.98 Å². The Morgan fingerprint density at radius 3 is 2.70 bits per heavy atom. The van der Waals surface area contributed by atoms with Gasteiger partial charge in [-0.3, -0.25) is 0 Å². The molecule has 2 aromatic rings. The number of pyridine rings is 1. The molecule has 23 heavy (non-hydrogen) atoms. The molecule has 3 heterocycles. The molecule has 0 bridgehead atoms. The first-order valence-electron chi connectivity index (χ1n) is 7.96. The monoisotopic (exact) mass is 312 g/mol. The first kappa shape index (κ1) is 15.5. The normalized spacial score (nSPS) is 17.4. The van der Waals surface area contributed by atoms with Gasteiger partial charge in [0.2, 0.25) is 5.95 Å². The number of likely N-dealkylation sites (N-methyl/N-ethyl adjacent to an activating group) is 1. The minimum atomic E-state index is 0.432. The Bertz CT molecular complexity index is 672. The van der Waals surface area contributed by atoms with Crippen LogP contribution in [0, 0.1) is 6.92 Å². The minimum absolute atomic E-state index is 0.432. The standard InChI is InChI=1S/C17H24N6/c1-13-6-5-9-18-16(13)23-11-8-14(12-23)22(4)15-7-10-19-17(20-15)21(2)3/h5-7,9-10,14H,8,11-12H2,1-4H3. The van der Waals surface area contributed by atoms with Crippen LogP contribution >= 0.6 is 0 Å². The van der Waals surface area contributed by atoms with Gasteiger partial charge in [0.25, 0.3) is 0 Å². The van der Waals surface area contributed by atoms with Crippen LogP contribution in [-0.4, -0.2) is 55.2 Å². The summed E-state index contributed by atoms with van der Waals surface area (Å²) in [5.74, 6) is 2.80. The SMILES string of the molecule is Cc1cccnc1N1CCC(N(C)c2ccnc(N(C)C)n2)C1. The lowest BCUT2D eigenvalue weighted by molar-refractivity contribution is 0.682. The quantitative estimate of drug-likeness (QED) is 0.860. The predicted molar refractivity (Wildman–Crippen MR) is 94.4 cm³/mol. The summed E-state index contributed by atoms with van der Waals surface area (Å²) in [5, 5.41) is 0. The minimum Gasteiger partial charge on any atom is -0.355 e. The van der Waals surface area contributed by atoms with E-state index >= 15 is 0 Å². The van der Waals surface area contributed by atoms with Crippen LogP contribution in [0.15, 0.2) is 30.6 Å². The van der Waals surface area contributed by atoms with E-state index in [1.54, 1.807) is 0 Å². The fraction of sp³-hybridized carbons (Fsp3) is 0.471. The molecule has 1 atom stereocenters. The molecule has 0 amide bonds. The smallest absolute Gasteiger partial charge is 0.226 e. The van der Waals surface area contributed by atoms with E-state index in [1.165, 1.54) is 5.56 Å². The summed E-state index contributed by atoms with van der Waals surface area (Å²) in [7, 11) is 6.03. The maximum atomic E-state index is 4.64. The third-order valence-electron chi connectivity index (χ3n) is 4.38. The van der Waals surface area contributed by atoms with E-state index in [4.69, 9.17) is 0 Å². The van der Waals surface area contributed by atoms with Gasteiger partial charge in [-0.1, -0.05) is 6.07 Å². The molecule has 0 aliphatic carbocycles. The van der Waals surface area contributed by atoms with Crippen LogP contribution in [0.1, 0.15) is 12.0 Å². The van der Waals surface area contributed by atoms with E-state index in [2.05, 4.69) is 44.8 Å². The Hall–Kier alpha value is -2.37. The lowest BCUT2D eigenvalue weighted by Gasteiger charge is -2.27. The molecule has 3 rings (SSSR count). The molecule has 2 aromatic heterocycles. The highest BCUT2D eigenvalue weighted by atomic mass is 15.3.